The van der Waals surface area contributed by atoms with Crippen molar-refractivity contribution in [2.45, 2.75) is 32.4 Å². The Balaban J connectivity index is 1.39. The SMILES string of the molecule is COc1ccc(CNC(=O)NCC#CCOc2cccc3c2OC(C)(C)C3)cc1OC. The molecule has 2 aromatic carbocycles. The van der Waals surface area contributed by atoms with Crippen LogP contribution in [0.25, 0.3) is 0 Å². The van der Waals surface area contributed by atoms with Crippen LogP contribution in [0.2, 0.25) is 0 Å². The third kappa shape index (κ3) is 5.98. The number of amides is 2. The van der Waals surface area contributed by atoms with E-state index in [0.29, 0.717) is 23.8 Å². The summed E-state index contributed by atoms with van der Waals surface area (Å²) in [7, 11) is 3.15. The molecule has 2 N–H and O–H groups in total. The van der Waals surface area contributed by atoms with Crippen LogP contribution in [0, 0.1) is 11.8 Å². The van der Waals surface area contributed by atoms with Crippen LogP contribution >= 0.6 is 0 Å². The minimum Gasteiger partial charge on any atom is -0.493 e. The molecule has 0 bridgehead atoms. The predicted molar refractivity (Wildman–Crippen MR) is 118 cm³/mol. The molecule has 0 saturated carbocycles. The topological polar surface area (TPSA) is 78.1 Å². The summed E-state index contributed by atoms with van der Waals surface area (Å²) in [5.41, 5.74) is 1.82. The fraction of sp³-hybridized carbons (Fsp3) is 0.375. The van der Waals surface area contributed by atoms with Crippen molar-refractivity contribution in [1.82, 2.24) is 10.6 Å². The smallest absolute Gasteiger partial charge is 0.315 e. The lowest BCUT2D eigenvalue weighted by Gasteiger charge is -2.17. The molecule has 7 nitrogen and oxygen atoms in total. The molecule has 164 valence electrons. The van der Waals surface area contributed by atoms with Crippen molar-refractivity contribution in [2.24, 2.45) is 0 Å². The number of fused-ring (bicyclic) bond motifs is 1. The maximum Gasteiger partial charge on any atom is 0.315 e. The number of hydrogen-bond acceptors (Lipinski definition) is 5. The second kappa shape index (κ2) is 9.98. The summed E-state index contributed by atoms with van der Waals surface area (Å²) in [6.07, 6.45) is 0.855. The molecule has 1 aliphatic rings. The fourth-order valence-corrected chi connectivity index (χ4v) is 3.29. The van der Waals surface area contributed by atoms with E-state index in [0.717, 1.165) is 23.3 Å². The number of hydrogen-bond donors (Lipinski definition) is 2. The van der Waals surface area contributed by atoms with E-state index in [1.807, 2.05) is 30.3 Å². The zero-order chi connectivity index (χ0) is 22.3. The minimum absolute atomic E-state index is 0.217. The molecule has 3 rings (SSSR count). The number of para-hydroxylation sites is 1. The van der Waals surface area contributed by atoms with Gasteiger partial charge in [0, 0.05) is 18.5 Å². The number of methoxy groups -OCH3 is 2. The summed E-state index contributed by atoms with van der Waals surface area (Å²) in [5, 5.41) is 5.47. The first kappa shape index (κ1) is 22.2. The average molecular weight is 424 g/mol. The van der Waals surface area contributed by atoms with Gasteiger partial charge in [0.1, 0.15) is 12.2 Å². The van der Waals surface area contributed by atoms with Crippen molar-refractivity contribution < 1.29 is 23.7 Å². The standard InChI is InChI=1S/C24H28N2O5/c1-24(2)15-18-8-7-9-20(22(18)31-24)30-13-6-5-12-25-23(27)26-16-17-10-11-19(28-3)21(14-17)29-4/h7-11,14H,12-13,15-16H2,1-4H3,(H2,25,26,27). The number of urea groups is 1. The first-order valence-corrected chi connectivity index (χ1v) is 10.0. The number of benzene rings is 2. The van der Waals surface area contributed by atoms with Crippen molar-refractivity contribution in [3.05, 3.63) is 47.5 Å². The number of ether oxygens (including phenoxy) is 4. The van der Waals surface area contributed by atoms with Crippen LogP contribution in [0.15, 0.2) is 36.4 Å². The van der Waals surface area contributed by atoms with Crippen LogP contribution in [0.5, 0.6) is 23.0 Å². The van der Waals surface area contributed by atoms with Crippen molar-refractivity contribution in [1.29, 1.82) is 0 Å². The minimum atomic E-state index is -0.304. The summed E-state index contributed by atoms with van der Waals surface area (Å²) in [6.45, 7) is 4.90. The molecule has 0 atom stereocenters. The molecule has 2 aromatic rings. The van der Waals surface area contributed by atoms with Crippen LogP contribution in [0.1, 0.15) is 25.0 Å². The average Bonchev–Trinajstić information content (AvgIpc) is 3.08. The van der Waals surface area contributed by atoms with E-state index >= 15 is 0 Å². The molecule has 7 heteroatoms. The maximum atomic E-state index is 11.9. The Morgan fingerprint density at radius 1 is 1.06 bits per heavy atom. The van der Waals surface area contributed by atoms with E-state index < -0.39 is 0 Å². The van der Waals surface area contributed by atoms with Gasteiger partial charge in [-0.05, 0) is 37.6 Å². The van der Waals surface area contributed by atoms with Gasteiger partial charge in [-0.1, -0.05) is 30.0 Å². The van der Waals surface area contributed by atoms with Gasteiger partial charge < -0.3 is 29.6 Å². The second-order valence-corrected chi connectivity index (χ2v) is 7.65. The largest absolute Gasteiger partial charge is 0.493 e. The van der Waals surface area contributed by atoms with Crippen LogP contribution < -0.4 is 29.6 Å². The molecule has 0 unspecified atom stereocenters. The third-order valence-electron chi connectivity index (χ3n) is 4.72. The molecule has 0 radical (unpaired) electrons. The highest BCUT2D eigenvalue weighted by molar-refractivity contribution is 5.74. The normalized spacial score (nSPS) is 13.2. The van der Waals surface area contributed by atoms with Gasteiger partial charge in [-0.3, -0.25) is 0 Å². The van der Waals surface area contributed by atoms with E-state index in [1.165, 1.54) is 0 Å². The Kier molecular flexibility index (Phi) is 7.14. The highest BCUT2D eigenvalue weighted by Gasteiger charge is 2.32. The van der Waals surface area contributed by atoms with Crippen LogP contribution in [0.3, 0.4) is 0 Å². The molecule has 2 amide bonds. The van der Waals surface area contributed by atoms with Crippen LogP contribution in [-0.4, -0.2) is 39.0 Å². The summed E-state index contributed by atoms with van der Waals surface area (Å²) >= 11 is 0. The summed E-state index contributed by atoms with van der Waals surface area (Å²) in [6, 6.07) is 11.1. The lowest BCUT2D eigenvalue weighted by atomic mass is 10.0. The van der Waals surface area contributed by atoms with E-state index in [1.54, 1.807) is 20.3 Å². The molecule has 31 heavy (non-hydrogen) atoms. The van der Waals surface area contributed by atoms with Gasteiger partial charge >= 0.3 is 6.03 Å². The van der Waals surface area contributed by atoms with Gasteiger partial charge in [-0.2, -0.15) is 0 Å². The number of carbonyl (C=O) groups excluding carboxylic acids is 1. The first-order chi connectivity index (χ1) is 14.9. The third-order valence-corrected chi connectivity index (χ3v) is 4.72. The number of nitrogens with one attached hydrogen (secondary N) is 2. The summed E-state index contributed by atoms with van der Waals surface area (Å²) in [5.74, 6) is 8.53. The first-order valence-electron chi connectivity index (χ1n) is 10.0. The maximum absolute atomic E-state index is 11.9. The van der Waals surface area contributed by atoms with Crippen LogP contribution in [0.4, 0.5) is 4.79 Å². The van der Waals surface area contributed by atoms with Crippen molar-refractivity contribution in [3.63, 3.8) is 0 Å². The Bertz CT molecular complexity index is 991. The van der Waals surface area contributed by atoms with Gasteiger partial charge in [0.15, 0.2) is 23.0 Å². The Morgan fingerprint density at radius 2 is 1.87 bits per heavy atom. The highest BCUT2D eigenvalue weighted by Crippen LogP contribution is 2.41. The molecule has 0 fully saturated rings. The van der Waals surface area contributed by atoms with Crippen molar-refractivity contribution in [2.75, 3.05) is 27.4 Å². The zero-order valence-corrected chi connectivity index (χ0v) is 18.3. The Morgan fingerprint density at radius 3 is 2.65 bits per heavy atom. The molecule has 0 spiro atoms. The molecule has 0 aromatic heterocycles. The van der Waals surface area contributed by atoms with Crippen molar-refractivity contribution in [3.8, 4) is 34.8 Å². The number of carbonyl (C=O) groups is 1. The number of rotatable bonds is 7. The summed E-state index contributed by atoms with van der Waals surface area (Å²) in [4.78, 5) is 11.9. The lowest BCUT2D eigenvalue weighted by molar-refractivity contribution is 0.133. The van der Waals surface area contributed by atoms with E-state index in [4.69, 9.17) is 18.9 Å². The van der Waals surface area contributed by atoms with E-state index in [2.05, 4.69) is 36.3 Å². The Labute approximate surface area is 183 Å². The van der Waals surface area contributed by atoms with Gasteiger partial charge in [0.25, 0.3) is 0 Å². The molecular formula is C24H28N2O5. The van der Waals surface area contributed by atoms with Crippen molar-refractivity contribution >= 4 is 6.03 Å². The Hall–Kier alpha value is -3.53. The summed E-state index contributed by atoms with van der Waals surface area (Å²) < 4.78 is 22.2. The predicted octanol–water partition coefficient (Wildman–Crippen LogP) is 3.30. The molecular weight excluding hydrogens is 396 g/mol. The van der Waals surface area contributed by atoms with Gasteiger partial charge in [-0.25, -0.2) is 4.79 Å². The van der Waals surface area contributed by atoms with Gasteiger partial charge in [0.05, 0.1) is 20.8 Å². The van der Waals surface area contributed by atoms with E-state index in [9.17, 15) is 4.79 Å². The fourth-order valence-electron chi connectivity index (χ4n) is 3.29. The molecule has 0 saturated heterocycles. The van der Waals surface area contributed by atoms with Gasteiger partial charge in [-0.15, -0.1) is 0 Å². The molecule has 1 aliphatic heterocycles. The highest BCUT2D eigenvalue weighted by atomic mass is 16.5. The quantitative estimate of drug-likeness (QED) is 0.667. The monoisotopic (exact) mass is 424 g/mol. The van der Waals surface area contributed by atoms with Gasteiger partial charge in [0.2, 0.25) is 0 Å². The molecule has 1 heterocycles. The van der Waals surface area contributed by atoms with E-state index in [-0.39, 0.29) is 24.8 Å². The lowest BCUT2D eigenvalue weighted by Crippen LogP contribution is -2.35. The zero-order valence-electron chi connectivity index (χ0n) is 18.3. The molecule has 0 aliphatic carbocycles. The second-order valence-electron chi connectivity index (χ2n) is 7.65. The van der Waals surface area contributed by atoms with Crippen LogP contribution in [-0.2, 0) is 13.0 Å².